The molecule has 0 atom stereocenters. The van der Waals surface area contributed by atoms with Crippen molar-refractivity contribution < 1.29 is 24.0 Å². The van der Waals surface area contributed by atoms with Gasteiger partial charge in [0.1, 0.15) is 0 Å². The predicted molar refractivity (Wildman–Crippen MR) is 43.7 cm³/mol. The molecule has 0 spiro atoms. The highest BCUT2D eigenvalue weighted by atomic mass is 16.7. The summed E-state index contributed by atoms with van der Waals surface area (Å²) in [6, 6.07) is 0. The van der Waals surface area contributed by atoms with Gasteiger partial charge >= 0.3 is 5.97 Å². The number of methoxy groups -OCH3 is 1. The average molecular weight is 201 g/mol. The van der Waals surface area contributed by atoms with E-state index in [4.69, 9.17) is 0 Å². The van der Waals surface area contributed by atoms with E-state index in [2.05, 4.69) is 9.57 Å². The first-order valence-electron chi connectivity index (χ1n) is 4.20. The summed E-state index contributed by atoms with van der Waals surface area (Å²) in [5.74, 6) is -1.59. The molecule has 1 fully saturated rings. The summed E-state index contributed by atoms with van der Waals surface area (Å²) < 4.78 is 4.64. The van der Waals surface area contributed by atoms with Crippen LogP contribution < -0.4 is 0 Å². The molecule has 0 unspecified atom stereocenters. The summed E-state index contributed by atoms with van der Waals surface area (Å²) in [4.78, 5) is 37.5. The van der Waals surface area contributed by atoms with E-state index in [1.807, 2.05) is 0 Å². The lowest BCUT2D eigenvalue weighted by atomic mass is 10.4. The van der Waals surface area contributed by atoms with Crippen molar-refractivity contribution in [3.05, 3.63) is 0 Å². The number of carbonyl (C=O) groups is 3. The van der Waals surface area contributed by atoms with Gasteiger partial charge < -0.3 is 9.57 Å². The maximum absolute atomic E-state index is 11.0. The van der Waals surface area contributed by atoms with E-state index in [0.29, 0.717) is 5.06 Å². The van der Waals surface area contributed by atoms with E-state index < -0.39 is 17.8 Å². The predicted octanol–water partition coefficient (Wildman–Crippen LogP) is -0.370. The Hall–Kier alpha value is -1.43. The summed E-state index contributed by atoms with van der Waals surface area (Å²) >= 11 is 0. The van der Waals surface area contributed by atoms with Crippen LogP contribution in [0.15, 0.2) is 0 Å². The molecule has 6 heteroatoms. The number of hydrogen-bond donors (Lipinski definition) is 0. The van der Waals surface area contributed by atoms with Crippen molar-refractivity contribution in [1.82, 2.24) is 5.06 Å². The van der Waals surface area contributed by atoms with E-state index in [9.17, 15) is 14.4 Å². The van der Waals surface area contributed by atoms with Gasteiger partial charge in [-0.1, -0.05) is 0 Å². The molecule has 78 valence electrons. The van der Waals surface area contributed by atoms with Gasteiger partial charge in [-0.05, 0) is 0 Å². The molecule has 6 nitrogen and oxygen atoms in total. The van der Waals surface area contributed by atoms with Gasteiger partial charge in [-0.2, -0.15) is 0 Å². The first-order chi connectivity index (χ1) is 6.65. The maximum Gasteiger partial charge on any atom is 0.335 e. The quantitative estimate of drug-likeness (QED) is 0.580. The Morgan fingerprint density at radius 3 is 2.43 bits per heavy atom. The van der Waals surface area contributed by atoms with Crippen LogP contribution in [0.3, 0.4) is 0 Å². The third kappa shape index (κ3) is 2.53. The first kappa shape index (κ1) is 10.6. The van der Waals surface area contributed by atoms with E-state index >= 15 is 0 Å². The zero-order valence-corrected chi connectivity index (χ0v) is 7.82. The second kappa shape index (κ2) is 4.71. The Kier molecular flexibility index (Phi) is 3.58. The van der Waals surface area contributed by atoms with Crippen molar-refractivity contribution in [3.8, 4) is 0 Å². The monoisotopic (exact) mass is 201 g/mol. The van der Waals surface area contributed by atoms with Gasteiger partial charge in [-0.15, -0.1) is 5.06 Å². The van der Waals surface area contributed by atoms with E-state index in [1.54, 1.807) is 0 Å². The van der Waals surface area contributed by atoms with Gasteiger partial charge in [0, 0.05) is 20.0 Å². The topological polar surface area (TPSA) is 72.9 Å². The van der Waals surface area contributed by atoms with Gasteiger partial charge in [0.25, 0.3) is 11.8 Å². The maximum atomic E-state index is 11.0. The zero-order chi connectivity index (χ0) is 10.6. The van der Waals surface area contributed by atoms with E-state index in [1.165, 1.54) is 7.11 Å². The fourth-order valence-corrected chi connectivity index (χ4v) is 0.991. The summed E-state index contributed by atoms with van der Waals surface area (Å²) in [5, 5.41) is 0.526. The highest BCUT2D eigenvalue weighted by molar-refractivity contribution is 6.01. The number of hydrogen-bond acceptors (Lipinski definition) is 5. The molecule has 1 heterocycles. The molecule has 0 saturated carbocycles. The minimum atomic E-state index is -0.643. The first-order valence-corrected chi connectivity index (χ1v) is 4.20. The highest BCUT2D eigenvalue weighted by Gasteiger charge is 2.32. The van der Waals surface area contributed by atoms with Crippen LogP contribution in [0.4, 0.5) is 0 Å². The number of carbonyl (C=O) groups excluding carboxylic acids is 3. The second-order valence-corrected chi connectivity index (χ2v) is 2.79. The van der Waals surface area contributed by atoms with Gasteiger partial charge in [0.05, 0.1) is 13.0 Å². The molecule has 1 aliphatic rings. The number of ether oxygens (including phenoxy) is 1. The third-order valence-corrected chi connectivity index (χ3v) is 1.71. The van der Waals surface area contributed by atoms with Crippen LogP contribution >= 0.6 is 0 Å². The van der Waals surface area contributed by atoms with Crippen LogP contribution in [-0.2, 0) is 24.0 Å². The molecular weight excluding hydrogens is 190 g/mol. The Balaban J connectivity index is 2.39. The summed E-state index contributed by atoms with van der Waals surface area (Å²) in [6.45, 7) is 0.203. The minimum absolute atomic E-state index is 0.0214. The standard InChI is InChI=1S/C8H11NO5/c1-13-5-4-8(12)14-9-6(10)2-3-7(9)11/h2-5H2,1H3. The van der Waals surface area contributed by atoms with Crippen molar-refractivity contribution in [2.24, 2.45) is 0 Å². The molecule has 0 aromatic carbocycles. The fourth-order valence-electron chi connectivity index (χ4n) is 0.991. The van der Waals surface area contributed by atoms with Gasteiger partial charge in [0.15, 0.2) is 0 Å². The van der Waals surface area contributed by atoms with Crippen molar-refractivity contribution in [1.29, 1.82) is 0 Å². The number of amides is 2. The molecule has 1 rings (SSSR count). The minimum Gasteiger partial charge on any atom is -0.384 e. The van der Waals surface area contributed by atoms with E-state index in [-0.39, 0.29) is 25.9 Å². The van der Waals surface area contributed by atoms with Gasteiger partial charge in [-0.25, -0.2) is 4.79 Å². The molecule has 0 aliphatic carbocycles. The molecule has 0 N–H and O–H groups in total. The SMILES string of the molecule is COCCC(=O)ON1C(=O)CCC1=O. The van der Waals surface area contributed by atoms with Crippen LogP contribution in [0.25, 0.3) is 0 Å². The highest BCUT2D eigenvalue weighted by Crippen LogP contribution is 2.12. The van der Waals surface area contributed by atoms with Crippen LogP contribution in [0.2, 0.25) is 0 Å². The Bertz CT molecular complexity index is 246. The van der Waals surface area contributed by atoms with Gasteiger partial charge in [-0.3, -0.25) is 9.59 Å². The lowest BCUT2D eigenvalue weighted by Gasteiger charge is -2.11. The van der Waals surface area contributed by atoms with Gasteiger partial charge in [0.2, 0.25) is 0 Å². The molecule has 1 aliphatic heterocycles. The smallest absolute Gasteiger partial charge is 0.335 e. The van der Waals surface area contributed by atoms with Crippen molar-refractivity contribution in [2.45, 2.75) is 19.3 Å². The molecule has 0 bridgehead atoms. The van der Waals surface area contributed by atoms with Crippen LogP contribution in [0, 0.1) is 0 Å². The van der Waals surface area contributed by atoms with Crippen molar-refractivity contribution in [3.63, 3.8) is 0 Å². The molecule has 0 aromatic heterocycles. The Morgan fingerprint density at radius 2 is 1.93 bits per heavy atom. The molecule has 0 aromatic rings. The molecular formula is C8H11NO5. The second-order valence-electron chi connectivity index (χ2n) is 2.79. The lowest BCUT2D eigenvalue weighted by Crippen LogP contribution is -2.32. The zero-order valence-electron chi connectivity index (χ0n) is 7.82. The molecule has 2 amide bonds. The molecule has 14 heavy (non-hydrogen) atoms. The Morgan fingerprint density at radius 1 is 1.36 bits per heavy atom. The summed E-state index contributed by atoms with van der Waals surface area (Å²) in [7, 11) is 1.44. The average Bonchev–Trinajstić information content (AvgIpc) is 2.46. The van der Waals surface area contributed by atoms with Crippen LogP contribution in [0.5, 0.6) is 0 Å². The third-order valence-electron chi connectivity index (χ3n) is 1.71. The Labute approximate surface area is 80.7 Å². The number of hydroxylamine groups is 2. The fraction of sp³-hybridized carbons (Fsp3) is 0.625. The van der Waals surface area contributed by atoms with E-state index in [0.717, 1.165) is 0 Å². The van der Waals surface area contributed by atoms with Crippen molar-refractivity contribution in [2.75, 3.05) is 13.7 Å². The number of nitrogens with zero attached hydrogens (tertiary/aromatic N) is 1. The molecule has 1 saturated heterocycles. The largest absolute Gasteiger partial charge is 0.384 e. The summed E-state index contributed by atoms with van der Waals surface area (Å²) in [5.41, 5.74) is 0. The summed E-state index contributed by atoms with van der Waals surface area (Å²) in [6.07, 6.45) is 0.236. The van der Waals surface area contributed by atoms with Crippen LogP contribution in [0.1, 0.15) is 19.3 Å². The normalized spacial score (nSPS) is 16.2. The van der Waals surface area contributed by atoms with Crippen molar-refractivity contribution >= 4 is 17.8 Å². The lowest BCUT2D eigenvalue weighted by molar-refractivity contribution is -0.198. The number of rotatable bonds is 4. The molecule has 0 radical (unpaired) electrons. The van der Waals surface area contributed by atoms with Crippen LogP contribution in [-0.4, -0.2) is 36.6 Å². The number of imide groups is 1.